The molecule has 0 aromatic heterocycles. The molecule has 0 bridgehead atoms. The summed E-state index contributed by atoms with van der Waals surface area (Å²) in [6.07, 6.45) is -0.263. The molecule has 15 heavy (non-hydrogen) atoms. The molecular weight excluding hydrogens is 204 g/mol. The number of hydrogen-bond donors (Lipinski definition) is 2. The Hall–Kier alpha value is -1.49. The van der Waals surface area contributed by atoms with E-state index in [-0.39, 0.29) is 17.8 Å². The summed E-state index contributed by atoms with van der Waals surface area (Å²) in [6.45, 7) is 1.24. The minimum atomic E-state index is -1.06. The Kier molecular flexibility index (Phi) is 3.36. The van der Waals surface area contributed by atoms with Crippen LogP contribution in [0.2, 0.25) is 0 Å². The number of aromatic hydroxyl groups is 1. The molecule has 0 aliphatic rings. The van der Waals surface area contributed by atoms with Gasteiger partial charge in [0.05, 0.1) is 6.04 Å². The Morgan fingerprint density at radius 3 is 2.67 bits per heavy atom. The number of phenolic OH excluding ortho intramolecular Hbond substituents is 1. The third-order valence-electron chi connectivity index (χ3n) is 2.11. The molecule has 1 atom stereocenters. The summed E-state index contributed by atoms with van der Waals surface area (Å²) in [7, 11) is 0. The van der Waals surface area contributed by atoms with Crippen molar-refractivity contribution in [3.63, 3.8) is 0 Å². The number of carbonyl (C=O) groups excluding carboxylic acids is 1. The van der Waals surface area contributed by atoms with Gasteiger partial charge in [-0.25, -0.2) is 8.78 Å². The Morgan fingerprint density at radius 1 is 1.53 bits per heavy atom. The van der Waals surface area contributed by atoms with E-state index < -0.39 is 23.4 Å². The summed E-state index contributed by atoms with van der Waals surface area (Å²) < 4.78 is 26.4. The number of benzene rings is 1. The largest absolute Gasteiger partial charge is 0.505 e. The average Bonchev–Trinajstić information content (AvgIpc) is 2.18. The van der Waals surface area contributed by atoms with Gasteiger partial charge in [-0.3, -0.25) is 4.79 Å². The van der Waals surface area contributed by atoms with Crippen molar-refractivity contribution in [2.75, 3.05) is 0 Å². The highest BCUT2D eigenvalue weighted by molar-refractivity contribution is 5.81. The summed E-state index contributed by atoms with van der Waals surface area (Å²) >= 11 is 0. The fourth-order valence-corrected chi connectivity index (χ4v) is 1.14. The first-order valence-electron chi connectivity index (χ1n) is 4.35. The smallest absolute Gasteiger partial charge is 0.170 e. The van der Waals surface area contributed by atoms with Crippen molar-refractivity contribution in [2.24, 2.45) is 5.73 Å². The van der Waals surface area contributed by atoms with Crippen molar-refractivity contribution in [1.82, 2.24) is 0 Å². The molecule has 1 aromatic carbocycles. The Morgan fingerprint density at radius 2 is 2.13 bits per heavy atom. The molecule has 0 heterocycles. The van der Waals surface area contributed by atoms with Gasteiger partial charge >= 0.3 is 0 Å². The number of halogens is 2. The first kappa shape index (κ1) is 11.6. The van der Waals surface area contributed by atoms with Gasteiger partial charge in [-0.2, -0.15) is 0 Å². The summed E-state index contributed by atoms with van der Waals surface area (Å²) in [5.41, 5.74) is 5.01. The molecule has 0 fully saturated rings. The molecule has 3 N–H and O–H groups in total. The van der Waals surface area contributed by atoms with E-state index in [1.54, 1.807) is 0 Å². The van der Waals surface area contributed by atoms with Crippen LogP contribution in [-0.2, 0) is 11.2 Å². The minimum absolute atomic E-state index is 0.263. The van der Waals surface area contributed by atoms with Crippen molar-refractivity contribution < 1.29 is 18.7 Å². The zero-order valence-electron chi connectivity index (χ0n) is 8.13. The van der Waals surface area contributed by atoms with Crippen LogP contribution in [0.15, 0.2) is 12.1 Å². The number of nitrogens with two attached hydrogens (primary N) is 1. The van der Waals surface area contributed by atoms with Crippen LogP contribution in [0.5, 0.6) is 5.75 Å². The van der Waals surface area contributed by atoms with Gasteiger partial charge in [-0.15, -0.1) is 0 Å². The molecule has 3 nitrogen and oxygen atoms in total. The second kappa shape index (κ2) is 4.35. The number of carbonyl (C=O) groups is 1. The van der Waals surface area contributed by atoms with Gasteiger partial charge in [0.1, 0.15) is 11.6 Å². The van der Waals surface area contributed by atoms with E-state index in [0.717, 1.165) is 12.1 Å². The fourth-order valence-electron chi connectivity index (χ4n) is 1.14. The zero-order valence-corrected chi connectivity index (χ0v) is 8.13. The molecule has 0 saturated carbocycles. The van der Waals surface area contributed by atoms with E-state index in [1.165, 1.54) is 6.92 Å². The van der Waals surface area contributed by atoms with Crippen LogP contribution < -0.4 is 5.73 Å². The van der Waals surface area contributed by atoms with Crippen molar-refractivity contribution in [2.45, 2.75) is 19.4 Å². The molecule has 5 heteroatoms. The molecule has 1 rings (SSSR count). The van der Waals surface area contributed by atoms with E-state index in [9.17, 15) is 13.6 Å². The topological polar surface area (TPSA) is 63.3 Å². The maximum absolute atomic E-state index is 13.2. The molecule has 0 spiro atoms. The lowest BCUT2D eigenvalue weighted by atomic mass is 10.0. The Bertz CT molecular complexity index is 393. The van der Waals surface area contributed by atoms with Gasteiger partial charge in [0, 0.05) is 12.0 Å². The zero-order chi connectivity index (χ0) is 11.6. The Labute approximate surface area is 85.5 Å². The predicted molar refractivity (Wildman–Crippen MR) is 50.4 cm³/mol. The number of rotatable bonds is 3. The van der Waals surface area contributed by atoms with Gasteiger partial charge in [-0.1, -0.05) is 0 Å². The average molecular weight is 215 g/mol. The standard InChI is InChI=1S/C10H11F2NO2/c1-5(14)8(13)4-6-7(11)2-3-9(15)10(6)12/h2-3,8,15H,4,13H2,1H3. The van der Waals surface area contributed by atoms with E-state index in [2.05, 4.69) is 0 Å². The monoisotopic (exact) mass is 215 g/mol. The molecule has 82 valence electrons. The molecule has 0 aliphatic heterocycles. The van der Waals surface area contributed by atoms with Crippen LogP contribution in [0.4, 0.5) is 8.78 Å². The third kappa shape index (κ3) is 2.50. The van der Waals surface area contributed by atoms with Crippen LogP contribution in [0.25, 0.3) is 0 Å². The summed E-state index contributed by atoms with van der Waals surface area (Å²) in [6, 6.07) is 0.879. The van der Waals surface area contributed by atoms with Gasteiger partial charge in [0.15, 0.2) is 11.6 Å². The number of ketones is 1. The van der Waals surface area contributed by atoms with Crippen LogP contribution in [0.1, 0.15) is 12.5 Å². The van der Waals surface area contributed by atoms with Crippen LogP contribution in [-0.4, -0.2) is 16.9 Å². The van der Waals surface area contributed by atoms with E-state index in [4.69, 9.17) is 10.8 Å². The minimum Gasteiger partial charge on any atom is -0.505 e. The summed E-state index contributed by atoms with van der Waals surface area (Å²) in [4.78, 5) is 10.8. The number of phenols is 1. The van der Waals surface area contributed by atoms with E-state index in [1.807, 2.05) is 0 Å². The molecular formula is C10H11F2NO2. The second-order valence-electron chi connectivity index (χ2n) is 3.28. The van der Waals surface area contributed by atoms with Crippen LogP contribution >= 0.6 is 0 Å². The van der Waals surface area contributed by atoms with Crippen LogP contribution in [0.3, 0.4) is 0 Å². The van der Waals surface area contributed by atoms with Gasteiger partial charge in [0.2, 0.25) is 0 Å². The van der Waals surface area contributed by atoms with Crippen LogP contribution in [0, 0.1) is 11.6 Å². The molecule has 1 unspecified atom stereocenters. The number of hydrogen-bond acceptors (Lipinski definition) is 3. The summed E-state index contributed by atoms with van der Waals surface area (Å²) in [5, 5.41) is 9.01. The van der Waals surface area contributed by atoms with Crippen molar-refractivity contribution in [1.29, 1.82) is 0 Å². The Balaban J connectivity index is 3.03. The lowest BCUT2D eigenvalue weighted by Crippen LogP contribution is -2.31. The highest BCUT2D eigenvalue weighted by Gasteiger charge is 2.18. The first-order valence-corrected chi connectivity index (χ1v) is 4.35. The third-order valence-corrected chi connectivity index (χ3v) is 2.11. The molecule has 0 radical (unpaired) electrons. The fraction of sp³-hybridized carbons (Fsp3) is 0.300. The normalized spacial score (nSPS) is 12.5. The van der Waals surface area contributed by atoms with Gasteiger partial charge in [0.25, 0.3) is 0 Å². The highest BCUT2D eigenvalue weighted by Crippen LogP contribution is 2.22. The highest BCUT2D eigenvalue weighted by atomic mass is 19.1. The molecule has 1 aromatic rings. The first-order chi connectivity index (χ1) is 6.93. The van der Waals surface area contributed by atoms with Crippen molar-refractivity contribution in [3.05, 3.63) is 29.3 Å². The summed E-state index contributed by atoms with van der Waals surface area (Å²) in [5.74, 6) is -2.90. The maximum atomic E-state index is 13.2. The van der Waals surface area contributed by atoms with Gasteiger partial charge in [-0.05, 0) is 19.1 Å². The van der Waals surface area contributed by atoms with E-state index >= 15 is 0 Å². The van der Waals surface area contributed by atoms with Crippen molar-refractivity contribution in [3.8, 4) is 5.75 Å². The second-order valence-corrected chi connectivity index (χ2v) is 3.28. The lowest BCUT2D eigenvalue weighted by Gasteiger charge is -2.10. The molecule has 0 saturated heterocycles. The van der Waals surface area contributed by atoms with Gasteiger partial charge < -0.3 is 10.8 Å². The molecule has 0 aliphatic carbocycles. The number of Topliss-reactive ketones (excluding diaryl/α,β-unsaturated/α-hetero) is 1. The SMILES string of the molecule is CC(=O)C(N)Cc1c(F)ccc(O)c1F. The van der Waals surface area contributed by atoms with Crippen molar-refractivity contribution >= 4 is 5.78 Å². The van der Waals surface area contributed by atoms with E-state index in [0.29, 0.717) is 0 Å². The quantitative estimate of drug-likeness (QED) is 0.794. The lowest BCUT2D eigenvalue weighted by molar-refractivity contribution is -0.118. The molecule has 0 amide bonds. The predicted octanol–water partition coefficient (Wildman–Crippen LogP) is 1.13. The maximum Gasteiger partial charge on any atom is 0.170 e.